The summed E-state index contributed by atoms with van der Waals surface area (Å²) in [6.07, 6.45) is 0. The van der Waals surface area contributed by atoms with Gasteiger partial charge < -0.3 is 10.2 Å². The molecule has 0 bridgehead atoms. The van der Waals surface area contributed by atoms with Gasteiger partial charge in [-0.25, -0.2) is 4.79 Å². The Kier molecular flexibility index (Phi) is 4.91. The van der Waals surface area contributed by atoms with E-state index in [4.69, 9.17) is 4.98 Å². The average molecular weight is 439 g/mol. The van der Waals surface area contributed by atoms with Crippen LogP contribution in [-0.4, -0.2) is 54.5 Å². The van der Waals surface area contributed by atoms with E-state index in [1.54, 1.807) is 7.05 Å². The molecule has 1 N–H and O–H groups in total. The van der Waals surface area contributed by atoms with Gasteiger partial charge in [-0.05, 0) is 17.1 Å². The number of hydrogen-bond donors (Lipinski definition) is 1. The quantitative estimate of drug-likeness (QED) is 0.492. The summed E-state index contributed by atoms with van der Waals surface area (Å²) in [7, 11) is 3.16. The standard InChI is InChI=1S/C20H22N8O2S/c1-25-17-16(18(29)26(2)20(25)30)28(19(22-17)27-9-7-21-8-10-27)11-13-3-5-14(6-4-13)15-12-31-24-23-15/h3-6,12,21H,7-11H2,1-2H3. The third kappa shape index (κ3) is 3.35. The van der Waals surface area contributed by atoms with Crippen LogP contribution in [0.15, 0.2) is 39.2 Å². The fraction of sp³-hybridized carbons (Fsp3) is 0.350. The lowest BCUT2D eigenvalue weighted by Crippen LogP contribution is -2.44. The Morgan fingerprint density at radius 3 is 2.48 bits per heavy atom. The summed E-state index contributed by atoms with van der Waals surface area (Å²) in [4.78, 5) is 32.4. The van der Waals surface area contributed by atoms with Crippen LogP contribution in [0, 0.1) is 0 Å². The summed E-state index contributed by atoms with van der Waals surface area (Å²) in [6.45, 7) is 3.73. The number of anilines is 1. The molecule has 0 radical (unpaired) electrons. The van der Waals surface area contributed by atoms with E-state index < -0.39 is 0 Å². The number of rotatable bonds is 4. The number of aromatic nitrogens is 6. The maximum absolute atomic E-state index is 13.1. The van der Waals surface area contributed by atoms with Crippen LogP contribution in [-0.2, 0) is 20.6 Å². The number of benzene rings is 1. The highest BCUT2D eigenvalue weighted by Gasteiger charge is 2.23. The average Bonchev–Trinajstić information content (AvgIpc) is 3.46. The maximum Gasteiger partial charge on any atom is 0.332 e. The Bertz CT molecular complexity index is 1350. The molecule has 0 spiro atoms. The Hall–Kier alpha value is -3.31. The predicted octanol–water partition coefficient (Wildman–Crippen LogP) is 0.410. The summed E-state index contributed by atoms with van der Waals surface area (Å²) < 4.78 is 8.43. The Morgan fingerprint density at radius 1 is 1.06 bits per heavy atom. The van der Waals surface area contributed by atoms with Gasteiger partial charge in [0.2, 0.25) is 5.95 Å². The number of aryl methyl sites for hydroxylation is 1. The van der Waals surface area contributed by atoms with Gasteiger partial charge in [-0.15, -0.1) is 5.10 Å². The van der Waals surface area contributed by atoms with Crippen LogP contribution in [0.1, 0.15) is 5.56 Å². The zero-order chi connectivity index (χ0) is 21.5. The highest BCUT2D eigenvalue weighted by molar-refractivity contribution is 7.03. The molecule has 31 heavy (non-hydrogen) atoms. The second kappa shape index (κ2) is 7.75. The SMILES string of the molecule is Cn1c(=O)c2c(nc(N3CCNCC3)n2Cc2ccc(-c3csnn3)cc2)n(C)c1=O. The van der Waals surface area contributed by atoms with Crippen molar-refractivity contribution in [2.75, 3.05) is 31.1 Å². The second-order valence-corrected chi connectivity index (χ2v) is 8.21. The van der Waals surface area contributed by atoms with Crippen LogP contribution in [0.2, 0.25) is 0 Å². The summed E-state index contributed by atoms with van der Waals surface area (Å²) in [5, 5.41) is 9.36. The van der Waals surface area contributed by atoms with Crippen molar-refractivity contribution in [1.29, 1.82) is 0 Å². The summed E-state index contributed by atoms with van der Waals surface area (Å²) in [5.41, 5.74) is 2.99. The first-order valence-electron chi connectivity index (χ1n) is 10.0. The van der Waals surface area contributed by atoms with Crippen molar-refractivity contribution in [3.05, 3.63) is 56.0 Å². The van der Waals surface area contributed by atoms with E-state index in [1.165, 1.54) is 23.1 Å². The smallest absolute Gasteiger partial charge is 0.332 e. The van der Waals surface area contributed by atoms with Crippen molar-refractivity contribution >= 4 is 28.6 Å². The van der Waals surface area contributed by atoms with Crippen LogP contribution >= 0.6 is 11.5 Å². The fourth-order valence-corrected chi connectivity index (χ4v) is 4.41. The summed E-state index contributed by atoms with van der Waals surface area (Å²) >= 11 is 1.32. The minimum atomic E-state index is -0.379. The summed E-state index contributed by atoms with van der Waals surface area (Å²) in [6, 6.07) is 8.05. The molecule has 1 saturated heterocycles. The van der Waals surface area contributed by atoms with Gasteiger partial charge in [-0.1, -0.05) is 28.8 Å². The van der Waals surface area contributed by atoms with E-state index in [-0.39, 0.29) is 11.2 Å². The molecule has 10 nitrogen and oxygen atoms in total. The molecule has 0 aliphatic carbocycles. The lowest BCUT2D eigenvalue weighted by atomic mass is 10.1. The van der Waals surface area contributed by atoms with Crippen molar-refractivity contribution < 1.29 is 0 Å². The monoisotopic (exact) mass is 438 g/mol. The molecule has 1 fully saturated rings. The molecule has 11 heteroatoms. The molecule has 160 valence electrons. The maximum atomic E-state index is 13.1. The Morgan fingerprint density at radius 2 is 1.81 bits per heavy atom. The van der Waals surface area contributed by atoms with Gasteiger partial charge >= 0.3 is 5.69 Å². The van der Waals surface area contributed by atoms with Gasteiger partial charge in [0.05, 0.1) is 6.54 Å². The molecule has 0 atom stereocenters. The van der Waals surface area contributed by atoms with E-state index in [2.05, 4.69) is 19.8 Å². The lowest BCUT2D eigenvalue weighted by molar-refractivity contribution is 0.571. The van der Waals surface area contributed by atoms with Gasteiger partial charge in [0, 0.05) is 51.2 Å². The minimum absolute atomic E-state index is 0.336. The largest absolute Gasteiger partial charge is 0.340 e. The molecular formula is C20H22N8O2S. The molecule has 4 heterocycles. The molecule has 1 aliphatic rings. The zero-order valence-electron chi connectivity index (χ0n) is 17.3. The third-order valence-corrected chi connectivity index (χ3v) is 6.18. The first-order valence-corrected chi connectivity index (χ1v) is 10.9. The highest BCUT2D eigenvalue weighted by Crippen LogP contribution is 2.23. The van der Waals surface area contributed by atoms with Crippen molar-refractivity contribution in [2.24, 2.45) is 14.1 Å². The van der Waals surface area contributed by atoms with Crippen molar-refractivity contribution in [1.82, 2.24) is 33.6 Å². The molecular weight excluding hydrogens is 416 g/mol. The van der Waals surface area contributed by atoms with Gasteiger partial charge in [0.1, 0.15) is 5.69 Å². The molecule has 0 amide bonds. The molecule has 0 saturated carbocycles. The minimum Gasteiger partial charge on any atom is -0.340 e. The predicted molar refractivity (Wildman–Crippen MR) is 120 cm³/mol. The Labute approximate surface area is 181 Å². The van der Waals surface area contributed by atoms with Crippen LogP contribution in [0.25, 0.3) is 22.4 Å². The number of imidazole rings is 1. The van der Waals surface area contributed by atoms with Crippen LogP contribution in [0.5, 0.6) is 0 Å². The zero-order valence-corrected chi connectivity index (χ0v) is 18.1. The molecule has 0 unspecified atom stereocenters. The van der Waals surface area contributed by atoms with Gasteiger partial charge in [0.25, 0.3) is 5.56 Å². The fourth-order valence-electron chi connectivity index (χ4n) is 3.94. The number of nitrogens with zero attached hydrogens (tertiary/aromatic N) is 7. The van der Waals surface area contributed by atoms with E-state index in [1.807, 2.05) is 34.2 Å². The molecule has 1 aliphatic heterocycles. The Balaban J connectivity index is 1.63. The van der Waals surface area contributed by atoms with E-state index in [0.717, 1.165) is 47.6 Å². The van der Waals surface area contributed by atoms with Crippen LogP contribution in [0.4, 0.5) is 5.95 Å². The molecule has 4 aromatic rings. The third-order valence-electron chi connectivity index (χ3n) is 5.68. The molecule has 3 aromatic heterocycles. The van der Waals surface area contributed by atoms with E-state index in [9.17, 15) is 9.59 Å². The van der Waals surface area contributed by atoms with Crippen molar-refractivity contribution in [3.63, 3.8) is 0 Å². The first kappa shape index (κ1) is 19.6. The molecule has 5 rings (SSSR count). The molecule has 1 aromatic carbocycles. The second-order valence-electron chi connectivity index (χ2n) is 7.60. The van der Waals surface area contributed by atoms with Gasteiger partial charge in [-0.3, -0.25) is 18.5 Å². The summed E-state index contributed by atoms with van der Waals surface area (Å²) in [5.74, 6) is 0.711. The first-order chi connectivity index (χ1) is 15.0. The number of hydrogen-bond acceptors (Lipinski definition) is 8. The highest BCUT2D eigenvalue weighted by atomic mass is 32.1. The number of nitrogens with one attached hydrogen (secondary N) is 1. The van der Waals surface area contributed by atoms with Gasteiger partial charge in [0.15, 0.2) is 11.2 Å². The lowest BCUT2D eigenvalue weighted by Gasteiger charge is -2.28. The normalized spacial score (nSPS) is 14.5. The number of fused-ring (bicyclic) bond motifs is 1. The van der Waals surface area contributed by atoms with E-state index in [0.29, 0.717) is 23.7 Å². The topological polar surface area (TPSA) is 103 Å². The van der Waals surface area contributed by atoms with E-state index >= 15 is 0 Å². The van der Waals surface area contributed by atoms with Crippen molar-refractivity contribution in [3.8, 4) is 11.3 Å². The van der Waals surface area contributed by atoms with Crippen molar-refractivity contribution in [2.45, 2.75) is 6.54 Å². The van der Waals surface area contributed by atoms with Crippen LogP contribution < -0.4 is 21.5 Å². The van der Waals surface area contributed by atoms with Gasteiger partial charge in [-0.2, -0.15) is 4.98 Å². The van der Waals surface area contributed by atoms with Crippen LogP contribution in [0.3, 0.4) is 0 Å². The number of piperazine rings is 1.